The van der Waals surface area contributed by atoms with Crippen molar-refractivity contribution >= 4 is 11.8 Å². The lowest BCUT2D eigenvalue weighted by atomic mass is 9.69. The topological polar surface area (TPSA) is 58.4 Å². The SMILES string of the molecule is Cc1cc(C(=O)N2C[C@H]3C[C@@H](C2)[C@H](CC2CCCCC2)N2C(=O)CCC[C@@H]32)n(C)n1. The van der Waals surface area contributed by atoms with Crippen molar-refractivity contribution in [2.45, 2.75) is 83.2 Å². The lowest BCUT2D eigenvalue weighted by molar-refractivity contribution is -0.153. The number of hydrogen-bond donors (Lipinski definition) is 0. The Morgan fingerprint density at radius 1 is 1.10 bits per heavy atom. The molecule has 5 rings (SSSR count). The van der Waals surface area contributed by atoms with Gasteiger partial charge in [0.2, 0.25) is 5.91 Å². The maximum absolute atomic E-state index is 13.4. The second kappa shape index (κ2) is 8.01. The molecule has 2 amide bonds. The van der Waals surface area contributed by atoms with Crippen LogP contribution < -0.4 is 0 Å². The van der Waals surface area contributed by atoms with E-state index in [4.69, 9.17) is 0 Å². The molecule has 6 heteroatoms. The first kappa shape index (κ1) is 20.1. The zero-order valence-corrected chi connectivity index (χ0v) is 18.6. The van der Waals surface area contributed by atoms with Crippen LogP contribution in [-0.4, -0.2) is 56.6 Å². The normalized spacial score (nSPS) is 32.3. The third-order valence-corrected chi connectivity index (χ3v) is 8.30. The number of aromatic nitrogens is 2. The third-order valence-electron chi connectivity index (χ3n) is 8.30. The number of fused-ring (bicyclic) bond motifs is 4. The van der Waals surface area contributed by atoms with Gasteiger partial charge in [0.1, 0.15) is 5.69 Å². The van der Waals surface area contributed by atoms with Gasteiger partial charge >= 0.3 is 0 Å². The number of nitrogens with zero attached hydrogens (tertiary/aromatic N) is 4. The quantitative estimate of drug-likeness (QED) is 0.763. The average molecular weight is 413 g/mol. The maximum atomic E-state index is 13.4. The van der Waals surface area contributed by atoms with Crippen molar-refractivity contribution in [1.29, 1.82) is 0 Å². The number of aryl methyl sites for hydroxylation is 2. The maximum Gasteiger partial charge on any atom is 0.272 e. The van der Waals surface area contributed by atoms with Crippen LogP contribution in [0.1, 0.15) is 80.4 Å². The summed E-state index contributed by atoms with van der Waals surface area (Å²) in [6, 6.07) is 2.56. The van der Waals surface area contributed by atoms with E-state index in [1.165, 1.54) is 38.5 Å². The first-order chi connectivity index (χ1) is 14.5. The largest absolute Gasteiger partial charge is 0.337 e. The zero-order chi connectivity index (χ0) is 20.8. The van der Waals surface area contributed by atoms with Crippen molar-refractivity contribution in [2.24, 2.45) is 24.8 Å². The first-order valence-corrected chi connectivity index (χ1v) is 12.1. The highest BCUT2D eigenvalue weighted by Crippen LogP contribution is 2.44. The Labute approximate surface area is 180 Å². The Bertz CT molecular complexity index is 812. The van der Waals surface area contributed by atoms with Crippen LogP contribution in [0.2, 0.25) is 0 Å². The Morgan fingerprint density at radius 3 is 2.60 bits per heavy atom. The smallest absolute Gasteiger partial charge is 0.272 e. The van der Waals surface area contributed by atoms with Gasteiger partial charge in [-0.3, -0.25) is 14.3 Å². The van der Waals surface area contributed by atoms with Gasteiger partial charge < -0.3 is 9.80 Å². The number of piperidine rings is 3. The van der Waals surface area contributed by atoms with Crippen molar-refractivity contribution in [1.82, 2.24) is 19.6 Å². The van der Waals surface area contributed by atoms with Gasteiger partial charge in [0.25, 0.3) is 5.91 Å². The van der Waals surface area contributed by atoms with Crippen LogP contribution in [0.4, 0.5) is 0 Å². The molecule has 4 heterocycles. The van der Waals surface area contributed by atoms with Crippen LogP contribution in [0.25, 0.3) is 0 Å². The van der Waals surface area contributed by atoms with E-state index in [2.05, 4.69) is 14.9 Å². The summed E-state index contributed by atoms with van der Waals surface area (Å²) >= 11 is 0. The van der Waals surface area contributed by atoms with E-state index in [1.807, 2.05) is 20.0 Å². The summed E-state index contributed by atoms with van der Waals surface area (Å²) in [6.45, 7) is 3.51. The molecule has 0 radical (unpaired) electrons. The minimum atomic E-state index is 0.111. The predicted octanol–water partition coefficient (Wildman–Crippen LogP) is 3.54. The second-order valence-corrected chi connectivity index (χ2v) is 10.3. The van der Waals surface area contributed by atoms with Crippen LogP contribution in [0.3, 0.4) is 0 Å². The summed E-state index contributed by atoms with van der Waals surface area (Å²) < 4.78 is 1.72. The van der Waals surface area contributed by atoms with Gasteiger partial charge in [-0.15, -0.1) is 0 Å². The molecule has 1 aromatic heterocycles. The third kappa shape index (κ3) is 3.56. The summed E-state index contributed by atoms with van der Waals surface area (Å²) in [4.78, 5) is 30.8. The molecule has 164 valence electrons. The first-order valence-electron chi connectivity index (χ1n) is 12.1. The van der Waals surface area contributed by atoms with Crippen LogP contribution >= 0.6 is 0 Å². The van der Waals surface area contributed by atoms with Crippen molar-refractivity contribution in [3.63, 3.8) is 0 Å². The molecular formula is C24H36N4O2. The highest BCUT2D eigenvalue weighted by atomic mass is 16.2. The second-order valence-electron chi connectivity index (χ2n) is 10.3. The Kier molecular flexibility index (Phi) is 5.36. The molecule has 4 fully saturated rings. The van der Waals surface area contributed by atoms with E-state index in [1.54, 1.807) is 4.68 Å². The molecule has 6 nitrogen and oxygen atoms in total. The molecule has 0 unspecified atom stereocenters. The number of rotatable bonds is 3. The van der Waals surface area contributed by atoms with E-state index >= 15 is 0 Å². The number of carbonyl (C=O) groups excluding carboxylic acids is 2. The Balaban J connectivity index is 1.40. The molecule has 1 aliphatic carbocycles. The fourth-order valence-corrected chi connectivity index (χ4v) is 6.98. The molecule has 2 bridgehead atoms. The summed E-state index contributed by atoms with van der Waals surface area (Å²) in [6.07, 6.45) is 11.8. The van der Waals surface area contributed by atoms with Gasteiger partial charge in [-0.25, -0.2) is 0 Å². The highest BCUT2D eigenvalue weighted by Gasteiger charge is 2.50. The van der Waals surface area contributed by atoms with E-state index in [0.29, 0.717) is 41.9 Å². The van der Waals surface area contributed by atoms with E-state index < -0.39 is 0 Å². The molecule has 0 N–H and O–H groups in total. The fraction of sp³-hybridized carbons (Fsp3) is 0.792. The minimum Gasteiger partial charge on any atom is -0.337 e. The van der Waals surface area contributed by atoms with Crippen molar-refractivity contribution in [3.05, 3.63) is 17.5 Å². The van der Waals surface area contributed by atoms with Crippen molar-refractivity contribution in [2.75, 3.05) is 13.1 Å². The lowest BCUT2D eigenvalue weighted by Crippen LogP contribution is -2.65. The van der Waals surface area contributed by atoms with E-state index in [0.717, 1.165) is 44.0 Å². The average Bonchev–Trinajstić information content (AvgIpc) is 3.09. The predicted molar refractivity (Wildman–Crippen MR) is 115 cm³/mol. The number of likely N-dealkylation sites (tertiary alicyclic amines) is 1. The molecular weight excluding hydrogens is 376 g/mol. The lowest BCUT2D eigenvalue weighted by Gasteiger charge is -2.57. The van der Waals surface area contributed by atoms with Gasteiger partial charge in [-0.05, 0) is 56.4 Å². The van der Waals surface area contributed by atoms with E-state index in [-0.39, 0.29) is 5.91 Å². The van der Waals surface area contributed by atoms with Crippen molar-refractivity contribution in [3.8, 4) is 0 Å². The Hall–Kier alpha value is -1.85. The minimum absolute atomic E-state index is 0.111. The molecule has 1 aromatic rings. The number of carbonyl (C=O) groups is 2. The van der Waals surface area contributed by atoms with Gasteiger partial charge in [0, 0.05) is 38.6 Å². The van der Waals surface area contributed by atoms with Crippen molar-refractivity contribution < 1.29 is 9.59 Å². The monoisotopic (exact) mass is 412 g/mol. The van der Waals surface area contributed by atoms with Crippen LogP contribution in [-0.2, 0) is 11.8 Å². The summed E-state index contributed by atoms with van der Waals surface area (Å²) in [5, 5.41) is 4.38. The molecule has 4 atom stereocenters. The molecule has 0 aromatic carbocycles. The standard InChI is InChI=1S/C24H36N4O2/c1-16-11-22(26(2)25-16)24(30)27-14-18-13-19(15-27)21(12-17-7-4-3-5-8-17)28-20(18)9-6-10-23(28)29/h11,17-21H,3-10,12-15H2,1-2H3/t18-,19+,20+,21+/m1/s1. The molecule has 3 aliphatic heterocycles. The molecule has 4 aliphatic rings. The molecule has 0 spiro atoms. The fourth-order valence-electron chi connectivity index (χ4n) is 6.98. The van der Waals surface area contributed by atoms with Gasteiger partial charge in [0.05, 0.1) is 5.69 Å². The zero-order valence-electron chi connectivity index (χ0n) is 18.6. The summed E-state index contributed by atoms with van der Waals surface area (Å²) in [7, 11) is 1.86. The summed E-state index contributed by atoms with van der Waals surface area (Å²) in [5.41, 5.74) is 1.57. The summed E-state index contributed by atoms with van der Waals surface area (Å²) in [5.74, 6) is 2.08. The molecule has 1 saturated carbocycles. The van der Waals surface area contributed by atoms with Crippen LogP contribution in [0, 0.1) is 24.7 Å². The van der Waals surface area contributed by atoms with E-state index in [9.17, 15) is 9.59 Å². The van der Waals surface area contributed by atoms with Gasteiger partial charge in [-0.1, -0.05) is 32.1 Å². The van der Waals surface area contributed by atoms with Gasteiger partial charge in [-0.2, -0.15) is 5.10 Å². The number of amides is 2. The van der Waals surface area contributed by atoms with Gasteiger partial charge in [0.15, 0.2) is 0 Å². The Morgan fingerprint density at radius 2 is 1.87 bits per heavy atom. The van der Waals surface area contributed by atoms with Crippen LogP contribution in [0.15, 0.2) is 6.07 Å². The number of hydrogen-bond acceptors (Lipinski definition) is 3. The highest BCUT2D eigenvalue weighted by molar-refractivity contribution is 5.92. The van der Waals surface area contributed by atoms with Crippen LogP contribution in [0.5, 0.6) is 0 Å². The molecule has 3 saturated heterocycles. The molecule has 30 heavy (non-hydrogen) atoms.